The number of pyridine rings is 1. The first-order chi connectivity index (χ1) is 19.0. The average molecular weight is 587 g/mol. The van der Waals surface area contributed by atoms with E-state index in [4.69, 9.17) is 14.2 Å². The number of halogens is 3. The molecule has 2 heterocycles. The number of benzene rings is 1. The van der Waals surface area contributed by atoms with Crippen molar-refractivity contribution in [3.05, 3.63) is 47.8 Å². The maximum absolute atomic E-state index is 13.5. The van der Waals surface area contributed by atoms with Gasteiger partial charge in [0.15, 0.2) is 6.61 Å². The van der Waals surface area contributed by atoms with Gasteiger partial charge in [-0.2, -0.15) is 13.2 Å². The van der Waals surface area contributed by atoms with E-state index in [1.807, 2.05) is 0 Å². The fourth-order valence-corrected chi connectivity index (χ4v) is 4.71. The van der Waals surface area contributed by atoms with E-state index in [1.165, 1.54) is 35.7 Å². The van der Waals surface area contributed by atoms with Crippen molar-refractivity contribution in [1.82, 2.24) is 19.4 Å². The fraction of sp³-hybridized carbons (Fsp3) is 0.440. The van der Waals surface area contributed by atoms with Crippen molar-refractivity contribution < 1.29 is 45.9 Å². The van der Waals surface area contributed by atoms with Crippen molar-refractivity contribution in [3.8, 4) is 5.75 Å². The van der Waals surface area contributed by atoms with Gasteiger partial charge in [0.2, 0.25) is 5.16 Å². The lowest BCUT2D eigenvalue weighted by molar-refractivity contribution is -0.153. The quantitative estimate of drug-likeness (QED) is 0.228. The first-order valence-electron chi connectivity index (χ1n) is 12.1. The molecular weight excluding hydrogens is 557 g/mol. The first-order valence-corrected chi connectivity index (χ1v) is 13.5. The predicted octanol–water partition coefficient (Wildman–Crippen LogP) is 4.08. The number of ether oxygens (including phenoxy) is 4. The van der Waals surface area contributed by atoms with Crippen LogP contribution in [0.2, 0.25) is 0 Å². The molecule has 0 fully saturated rings. The number of para-hydroxylation sites is 2. The van der Waals surface area contributed by atoms with Gasteiger partial charge >= 0.3 is 18.4 Å². The number of rotatable bonds is 12. The summed E-state index contributed by atoms with van der Waals surface area (Å²) in [6.45, 7) is 2.28. The molecule has 0 aliphatic rings. The van der Waals surface area contributed by atoms with E-state index in [1.54, 1.807) is 31.2 Å². The maximum atomic E-state index is 13.5. The second-order valence-corrected chi connectivity index (χ2v) is 9.69. The summed E-state index contributed by atoms with van der Waals surface area (Å²) in [5.74, 6) is -0.241. The molecule has 0 radical (unpaired) electrons. The van der Waals surface area contributed by atoms with Crippen molar-refractivity contribution >= 4 is 34.0 Å². The number of nitrogens with zero attached hydrogens (tertiary/aromatic N) is 4. The van der Waals surface area contributed by atoms with Crippen LogP contribution in [-0.2, 0) is 30.8 Å². The molecule has 15 heteroatoms. The maximum Gasteiger partial charge on any atom is 0.508 e. The molecule has 0 N–H and O–H groups in total. The van der Waals surface area contributed by atoms with Gasteiger partial charge in [-0.15, -0.1) is 0 Å². The van der Waals surface area contributed by atoms with Crippen molar-refractivity contribution in [3.63, 3.8) is 0 Å². The Kier molecular flexibility index (Phi) is 10.8. The monoisotopic (exact) mass is 586 g/mol. The Morgan fingerprint density at radius 1 is 1.10 bits per heavy atom. The van der Waals surface area contributed by atoms with Gasteiger partial charge in [0.25, 0.3) is 0 Å². The lowest BCUT2D eigenvalue weighted by Crippen LogP contribution is -2.35. The van der Waals surface area contributed by atoms with E-state index < -0.39 is 35.8 Å². The van der Waals surface area contributed by atoms with Crippen molar-refractivity contribution in [2.45, 2.75) is 30.9 Å². The zero-order chi connectivity index (χ0) is 29.3. The fourth-order valence-electron chi connectivity index (χ4n) is 3.46. The van der Waals surface area contributed by atoms with Gasteiger partial charge in [0.1, 0.15) is 12.4 Å². The smallest absolute Gasteiger partial charge is 0.484 e. The molecule has 0 aliphatic heterocycles. The van der Waals surface area contributed by atoms with E-state index in [9.17, 15) is 27.0 Å². The van der Waals surface area contributed by atoms with Crippen LogP contribution in [0.1, 0.15) is 18.2 Å². The second kappa shape index (κ2) is 14.1. The molecule has 1 atom stereocenters. The second-order valence-electron chi connectivity index (χ2n) is 8.34. The largest absolute Gasteiger partial charge is 0.508 e. The molecule has 11 nitrogen and oxygen atoms in total. The van der Waals surface area contributed by atoms with Crippen LogP contribution in [0.5, 0.6) is 5.75 Å². The third kappa shape index (κ3) is 8.39. The van der Waals surface area contributed by atoms with Gasteiger partial charge in [-0.25, -0.2) is 19.1 Å². The minimum absolute atomic E-state index is 0.0122. The van der Waals surface area contributed by atoms with Crippen LogP contribution in [0, 0.1) is 6.92 Å². The minimum Gasteiger partial charge on any atom is -0.484 e. The van der Waals surface area contributed by atoms with Crippen molar-refractivity contribution in [2.24, 2.45) is 0 Å². The van der Waals surface area contributed by atoms with Crippen LogP contribution in [0.25, 0.3) is 11.0 Å². The summed E-state index contributed by atoms with van der Waals surface area (Å²) in [5.41, 5.74) is 1.41. The van der Waals surface area contributed by atoms with Crippen LogP contribution in [0.3, 0.4) is 0 Å². The number of hydrogen-bond donors (Lipinski definition) is 0. The van der Waals surface area contributed by atoms with Crippen LogP contribution in [0.15, 0.2) is 41.7 Å². The molecule has 0 spiro atoms. The van der Waals surface area contributed by atoms with Gasteiger partial charge in [-0.05, 0) is 32.0 Å². The third-order valence-corrected chi connectivity index (χ3v) is 6.67. The van der Waals surface area contributed by atoms with Gasteiger partial charge in [-0.1, -0.05) is 12.1 Å². The number of carbonyl (C=O) groups is 2. The van der Waals surface area contributed by atoms with Crippen LogP contribution in [-0.4, -0.2) is 88.6 Å². The number of likely N-dealkylation sites (N-methyl/N-ethyl adjacent to an activating group) is 1. The highest BCUT2D eigenvalue weighted by Crippen LogP contribution is 2.26. The standard InChI is InChI=1S/C25H29F3N4O7S/c1-4-37-24(34)38-14-13-36-12-11-31(3)23(33)32-20-8-6-5-7-18(20)30-22(32)40(35)15-19-17(2)21(9-10-29-19)39-16-25(26,27)28/h5-10H,4,11-16H2,1-3H3/t40-/m1/s1. The normalized spacial score (nSPS) is 12.2. The zero-order valence-electron chi connectivity index (χ0n) is 22.1. The molecule has 0 unspecified atom stereocenters. The van der Waals surface area contributed by atoms with Gasteiger partial charge in [0, 0.05) is 25.4 Å². The Morgan fingerprint density at radius 3 is 2.58 bits per heavy atom. The van der Waals surface area contributed by atoms with Crippen LogP contribution >= 0.6 is 0 Å². The number of aromatic nitrogens is 3. The predicted molar refractivity (Wildman–Crippen MR) is 138 cm³/mol. The summed E-state index contributed by atoms with van der Waals surface area (Å²) in [6, 6.07) is 7.54. The van der Waals surface area contributed by atoms with E-state index >= 15 is 0 Å². The molecule has 218 valence electrons. The molecule has 1 amide bonds. The summed E-state index contributed by atoms with van der Waals surface area (Å²) in [7, 11) is -0.362. The van der Waals surface area contributed by atoms with E-state index in [0.29, 0.717) is 16.6 Å². The Labute approximate surface area is 230 Å². The SMILES string of the molecule is CCOC(=O)OCCOCCN(C)C(=O)n1c([S@](=O)Cc2nccc(OCC(F)(F)F)c2C)nc2ccccc21. The molecule has 0 aliphatic carbocycles. The molecule has 3 rings (SSSR count). The van der Waals surface area contributed by atoms with Crippen molar-refractivity contribution in [1.29, 1.82) is 0 Å². The molecule has 2 aromatic heterocycles. The number of alkyl halides is 3. The Hall–Kier alpha value is -3.72. The number of carbonyl (C=O) groups excluding carboxylic acids is 2. The van der Waals surface area contributed by atoms with Gasteiger partial charge < -0.3 is 23.8 Å². The molecule has 0 bridgehead atoms. The number of hydrogen-bond acceptors (Lipinski definition) is 9. The molecule has 1 aromatic carbocycles. The number of imidazole rings is 1. The molecular formula is C25H29F3N4O7S. The summed E-state index contributed by atoms with van der Waals surface area (Å²) in [5, 5.41) is -0.0374. The van der Waals surface area contributed by atoms with Gasteiger partial charge in [-0.3, -0.25) is 9.19 Å². The van der Waals surface area contributed by atoms with E-state index in [-0.39, 0.29) is 55.3 Å². The van der Waals surface area contributed by atoms with Crippen LogP contribution in [0.4, 0.5) is 22.8 Å². The third-order valence-electron chi connectivity index (χ3n) is 5.45. The molecule has 0 saturated carbocycles. The zero-order valence-corrected chi connectivity index (χ0v) is 22.9. The topological polar surface area (TPSA) is 122 Å². The van der Waals surface area contributed by atoms with E-state index in [0.717, 1.165) is 0 Å². The average Bonchev–Trinajstić information content (AvgIpc) is 3.30. The Balaban J connectivity index is 1.72. The highest BCUT2D eigenvalue weighted by atomic mass is 32.2. The highest BCUT2D eigenvalue weighted by molar-refractivity contribution is 7.84. The molecule has 0 saturated heterocycles. The van der Waals surface area contributed by atoms with E-state index in [2.05, 4.69) is 14.7 Å². The molecule has 3 aromatic rings. The van der Waals surface area contributed by atoms with Crippen molar-refractivity contribution in [2.75, 3.05) is 46.6 Å². The Morgan fingerprint density at radius 2 is 1.85 bits per heavy atom. The summed E-state index contributed by atoms with van der Waals surface area (Å²) >= 11 is 0. The molecule has 40 heavy (non-hydrogen) atoms. The van der Waals surface area contributed by atoms with Gasteiger partial charge in [0.05, 0.1) is 53.1 Å². The lowest BCUT2D eigenvalue weighted by atomic mass is 10.2. The highest BCUT2D eigenvalue weighted by Gasteiger charge is 2.29. The number of amides is 1. The summed E-state index contributed by atoms with van der Waals surface area (Å²) in [4.78, 5) is 34.5. The number of fused-ring (bicyclic) bond motifs is 1. The van der Waals surface area contributed by atoms with Crippen LogP contribution < -0.4 is 4.74 Å². The minimum atomic E-state index is -4.52. The lowest BCUT2D eigenvalue weighted by Gasteiger charge is -2.19. The summed E-state index contributed by atoms with van der Waals surface area (Å²) < 4.78 is 72.3. The first kappa shape index (κ1) is 30.8. The summed E-state index contributed by atoms with van der Waals surface area (Å²) in [6.07, 6.45) is -4.04. The Bertz CT molecular complexity index is 1350.